The van der Waals surface area contributed by atoms with Gasteiger partial charge in [-0.3, -0.25) is 0 Å². The van der Waals surface area contributed by atoms with Crippen LogP contribution in [0.15, 0.2) is 18.2 Å². The minimum absolute atomic E-state index is 0.330. The highest BCUT2D eigenvalue weighted by Crippen LogP contribution is 2.27. The number of hydrogen-bond donors (Lipinski definition) is 1. The van der Waals surface area contributed by atoms with Crippen molar-refractivity contribution in [3.8, 4) is 0 Å². The lowest BCUT2D eigenvalue weighted by molar-refractivity contribution is -0.141. The normalized spacial score (nSPS) is 11.6. The van der Waals surface area contributed by atoms with Gasteiger partial charge in [0.25, 0.3) is 0 Å². The number of hydrogen-bond acceptors (Lipinski definition) is 4. The number of aryl methyl sites for hydroxylation is 2. The Balaban J connectivity index is 2.00. The Morgan fingerprint density at radius 3 is 2.42 bits per heavy atom. The maximum atomic E-state index is 12.3. The Kier molecular flexibility index (Phi) is 3.75. The van der Waals surface area contributed by atoms with Crippen molar-refractivity contribution >= 4 is 17.2 Å². The second kappa shape index (κ2) is 5.16. The molecule has 0 aromatic carbocycles. The van der Waals surface area contributed by atoms with Crippen molar-refractivity contribution in [3.63, 3.8) is 0 Å². The summed E-state index contributed by atoms with van der Waals surface area (Å²) >= 11 is 1.65. The molecule has 1 N–H and O–H groups in total. The summed E-state index contributed by atoms with van der Waals surface area (Å²) in [5, 5.41) is 9.61. The van der Waals surface area contributed by atoms with Crippen LogP contribution in [0.25, 0.3) is 0 Å². The molecule has 7 heteroatoms. The average molecular weight is 287 g/mol. The van der Waals surface area contributed by atoms with E-state index in [1.165, 1.54) is 16.5 Å². The van der Waals surface area contributed by atoms with Crippen LogP contribution in [0.4, 0.5) is 19.0 Å². The van der Waals surface area contributed by atoms with Crippen LogP contribution >= 0.6 is 11.3 Å². The van der Waals surface area contributed by atoms with Gasteiger partial charge in [0.1, 0.15) is 5.82 Å². The summed E-state index contributed by atoms with van der Waals surface area (Å²) in [6.07, 6.45) is -4.45. The Morgan fingerprint density at radius 2 is 1.95 bits per heavy atom. The monoisotopic (exact) mass is 287 g/mol. The van der Waals surface area contributed by atoms with E-state index >= 15 is 0 Å². The molecule has 2 rings (SSSR count). The standard InChI is InChI=1S/C12H12F3N3S/c1-7-5-9(19-8(7)2)6-16-11-4-3-10(17-18-11)12(13,14)15/h3-5H,6H2,1-2H3,(H,16,18). The predicted octanol–water partition coefficient (Wildman–Crippen LogP) is 3.79. The SMILES string of the molecule is Cc1cc(CNc2ccc(C(F)(F)F)nn2)sc1C. The van der Waals surface area contributed by atoms with Gasteiger partial charge < -0.3 is 5.32 Å². The lowest BCUT2D eigenvalue weighted by Crippen LogP contribution is -2.10. The third kappa shape index (κ3) is 3.44. The molecular formula is C12H12F3N3S. The van der Waals surface area contributed by atoms with Gasteiger partial charge in [0.15, 0.2) is 5.69 Å². The molecule has 0 atom stereocenters. The molecular weight excluding hydrogens is 275 g/mol. The molecule has 0 spiro atoms. The molecule has 0 aliphatic rings. The zero-order chi connectivity index (χ0) is 14.0. The van der Waals surface area contributed by atoms with Gasteiger partial charge in [0.05, 0.1) is 6.54 Å². The second-order valence-electron chi connectivity index (χ2n) is 4.11. The zero-order valence-corrected chi connectivity index (χ0v) is 11.2. The first-order chi connectivity index (χ1) is 8.86. The number of rotatable bonds is 3. The number of anilines is 1. The summed E-state index contributed by atoms with van der Waals surface area (Å²) in [5.74, 6) is 0.330. The summed E-state index contributed by atoms with van der Waals surface area (Å²) in [4.78, 5) is 2.34. The molecule has 2 aromatic rings. The van der Waals surface area contributed by atoms with Crippen molar-refractivity contribution < 1.29 is 13.2 Å². The smallest absolute Gasteiger partial charge is 0.364 e. The van der Waals surface area contributed by atoms with Crippen molar-refractivity contribution in [2.24, 2.45) is 0 Å². The Bertz CT molecular complexity index is 541. The maximum Gasteiger partial charge on any atom is 0.435 e. The van der Waals surface area contributed by atoms with E-state index < -0.39 is 11.9 Å². The first-order valence-electron chi connectivity index (χ1n) is 5.57. The fraction of sp³-hybridized carbons (Fsp3) is 0.333. The number of alkyl halides is 3. The van der Waals surface area contributed by atoms with Crippen molar-refractivity contribution in [1.29, 1.82) is 0 Å². The lowest BCUT2D eigenvalue weighted by atomic mass is 10.3. The highest BCUT2D eigenvalue weighted by atomic mass is 32.1. The fourth-order valence-electron chi connectivity index (χ4n) is 1.49. The molecule has 102 valence electrons. The van der Waals surface area contributed by atoms with E-state index in [0.29, 0.717) is 12.4 Å². The van der Waals surface area contributed by atoms with Gasteiger partial charge in [-0.15, -0.1) is 21.5 Å². The van der Waals surface area contributed by atoms with Gasteiger partial charge in [-0.1, -0.05) is 0 Å². The van der Waals surface area contributed by atoms with Crippen LogP contribution < -0.4 is 5.32 Å². The Hall–Kier alpha value is -1.63. The van der Waals surface area contributed by atoms with E-state index in [1.807, 2.05) is 19.9 Å². The molecule has 0 saturated heterocycles. The quantitative estimate of drug-likeness (QED) is 0.933. The molecule has 3 nitrogen and oxygen atoms in total. The number of halogens is 3. The van der Waals surface area contributed by atoms with Crippen molar-refractivity contribution in [2.75, 3.05) is 5.32 Å². The molecule has 0 aliphatic heterocycles. The largest absolute Gasteiger partial charge is 0.435 e. The van der Waals surface area contributed by atoms with E-state index in [2.05, 4.69) is 15.5 Å². The first kappa shape index (κ1) is 13.8. The summed E-state index contributed by atoms with van der Waals surface area (Å²) < 4.78 is 36.9. The molecule has 2 aromatic heterocycles. The summed E-state index contributed by atoms with van der Waals surface area (Å²) in [6, 6.07) is 4.24. The average Bonchev–Trinajstić information content (AvgIpc) is 2.66. The zero-order valence-electron chi connectivity index (χ0n) is 10.4. The van der Waals surface area contributed by atoms with Gasteiger partial charge in [-0.25, -0.2) is 0 Å². The first-order valence-corrected chi connectivity index (χ1v) is 6.38. The van der Waals surface area contributed by atoms with Gasteiger partial charge in [-0.05, 0) is 37.6 Å². The fourth-order valence-corrected chi connectivity index (χ4v) is 2.49. The Labute approximate surface area is 112 Å². The van der Waals surface area contributed by atoms with Crippen LogP contribution in [0, 0.1) is 13.8 Å². The molecule has 0 bridgehead atoms. The van der Waals surface area contributed by atoms with E-state index in [4.69, 9.17) is 0 Å². The van der Waals surface area contributed by atoms with Crippen LogP contribution in [-0.4, -0.2) is 10.2 Å². The lowest BCUT2D eigenvalue weighted by Gasteiger charge is -2.06. The van der Waals surface area contributed by atoms with E-state index in [9.17, 15) is 13.2 Å². The molecule has 2 heterocycles. The van der Waals surface area contributed by atoms with Crippen LogP contribution in [0.1, 0.15) is 21.0 Å². The van der Waals surface area contributed by atoms with E-state index in [0.717, 1.165) is 10.9 Å². The topological polar surface area (TPSA) is 37.8 Å². The number of thiophene rings is 1. The minimum atomic E-state index is -4.45. The van der Waals surface area contributed by atoms with Gasteiger partial charge in [0.2, 0.25) is 0 Å². The number of nitrogens with one attached hydrogen (secondary N) is 1. The molecule has 0 aliphatic carbocycles. The van der Waals surface area contributed by atoms with Gasteiger partial charge in [0, 0.05) is 9.75 Å². The highest BCUT2D eigenvalue weighted by Gasteiger charge is 2.32. The predicted molar refractivity (Wildman–Crippen MR) is 68.2 cm³/mol. The summed E-state index contributed by atoms with van der Waals surface area (Å²) in [5.41, 5.74) is 0.223. The van der Waals surface area contributed by atoms with Crippen molar-refractivity contribution in [2.45, 2.75) is 26.6 Å². The molecule has 0 fully saturated rings. The van der Waals surface area contributed by atoms with Gasteiger partial charge in [-0.2, -0.15) is 13.2 Å². The second-order valence-corrected chi connectivity index (χ2v) is 5.45. The molecule has 0 unspecified atom stereocenters. The van der Waals surface area contributed by atoms with Crippen LogP contribution in [0.5, 0.6) is 0 Å². The minimum Gasteiger partial charge on any atom is -0.364 e. The molecule has 0 radical (unpaired) electrons. The van der Waals surface area contributed by atoms with Crippen molar-refractivity contribution in [1.82, 2.24) is 10.2 Å². The van der Waals surface area contributed by atoms with Crippen LogP contribution in [0.2, 0.25) is 0 Å². The molecule has 0 saturated carbocycles. The van der Waals surface area contributed by atoms with Crippen LogP contribution in [0.3, 0.4) is 0 Å². The van der Waals surface area contributed by atoms with Crippen LogP contribution in [-0.2, 0) is 12.7 Å². The third-order valence-electron chi connectivity index (χ3n) is 2.62. The third-order valence-corrected chi connectivity index (χ3v) is 3.77. The van der Waals surface area contributed by atoms with Crippen molar-refractivity contribution in [3.05, 3.63) is 39.2 Å². The summed E-state index contributed by atoms with van der Waals surface area (Å²) in [7, 11) is 0. The Morgan fingerprint density at radius 1 is 1.21 bits per heavy atom. The summed E-state index contributed by atoms with van der Waals surface area (Å²) in [6.45, 7) is 4.58. The highest BCUT2D eigenvalue weighted by molar-refractivity contribution is 7.12. The van der Waals surface area contributed by atoms with E-state index in [-0.39, 0.29) is 0 Å². The van der Waals surface area contributed by atoms with Gasteiger partial charge >= 0.3 is 6.18 Å². The number of aromatic nitrogens is 2. The molecule has 19 heavy (non-hydrogen) atoms. The molecule has 0 amide bonds. The number of nitrogens with zero attached hydrogens (tertiary/aromatic N) is 2. The van der Waals surface area contributed by atoms with E-state index in [1.54, 1.807) is 11.3 Å². The maximum absolute atomic E-state index is 12.3.